The fourth-order valence-electron chi connectivity index (χ4n) is 4.11. The fraction of sp³-hybridized carbons (Fsp3) is 0.593. The van der Waals surface area contributed by atoms with E-state index in [1.807, 2.05) is 41.6 Å². The van der Waals surface area contributed by atoms with Gasteiger partial charge in [0.1, 0.15) is 0 Å². The molecule has 2 amide bonds. The highest BCUT2D eigenvalue weighted by molar-refractivity contribution is 5.78. The second-order valence-corrected chi connectivity index (χ2v) is 9.98. The van der Waals surface area contributed by atoms with Gasteiger partial charge in [0.2, 0.25) is 5.91 Å². The molecule has 1 heterocycles. The van der Waals surface area contributed by atoms with Crippen molar-refractivity contribution in [3.05, 3.63) is 35.4 Å². The number of carbonyl (C=O) groups is 5. The van der Waals surface area contributed by atoms with Crippen molar-refractivity contribution in [2.24, 2.45) is 5.73 Å². The van der Waals surface area contributed by atoms with Crippen molar-refractivity contribution >= 4 is 29.7 Å². The number of aliphatic carboxylic acids is 3. The first-order chi connectivity index (χ1) is 20.4. The number of hydrogen-bond donors (Lipinski definition) is 6. The molecule has 0 aliphatic carbocycles. The lowest BCUT2D eigenvalue weighted by Crippen LogP contribution is -2.49. The zero-order chi connectivity index (χ0) is 32.2. The molecular weight excluding hydrogens is 566 g/mol. The lowest BCUT2D eigenvalue weighted by Gasteiger charge is -2.32. The van der Waals surface area contributed by atoms with Crippen molar-refractivity contribution in [2.75, 3.05) is 92.2 Å². The maximum Gasteiger partial charge on any atom is 0.317 e. The van der Waals surface area contributed by atoms with Gasteiger partial charge in [-0.15, -0.1) is 0 Å². The summed E-state index contributed by atoms with van der Waals surface area (Å²) in [6.45, 7) is 4.74. The molecule has 1 aromatic rings. The van der Waals surface area contributed by atoms with Crippen LogP contribution in [-0.2, 0) is 35.4 Å². The number of carboxylic acids is 3. The molecule has 16 nitrogen and oxygen atoms in total. The van der Waals surface area contributed by atoms with E-state index in [1.165, 1.54) is 7.11 Å². The van der Waals surface area contributed by atoms with Crippen LogP contribution in [0.15, 0.2) is 24.3 Å². The molecule has 0 atom stereocenters. The minimum atomic E-state index is -1.00. The van der Waals surface area contributed by atoms with Crippen LogP contribution >= 0.6 is 0 Å². The number of rotatable bonds is 12. The molecule has 0 radical (unpaired) electrons. The topological polar surface area (TPSA) is 218 Å². The minimum absolute atomic E-state index is 0.0339. The van der Waals surface area contributed by atoms with E-state index in [1.54, 1.807) is 14.7 Å². The second kappa shape index (κ2) is 21.1. The highest BCUT2D eigenvalue weighted by Gasteiger charge is 2.21. The van der Waals surface area contributed by atoms with Gasteiger partial charge in [0.05, 0.1) is 39.8 Å². The third-order valence-corrected chi connectivity index (χ3v) is 6.39. The van der Waals surface area contributed by atoms with Crippen molar-refractivity contribution in [2.45, 2.75) is 13.5 Å². The highest BCUT2D eigenvalue weighted by atomic mass is 16.6. The summed E-state index contributed by atoms with van der Waals surface area (Å²) >= 11 is 0. The van der Waals surface area contributed by atoms with Crippen LogP contribution in [0.5, 0.6) is 0 Å². The summed E-state index contributed by atoms with van der Waals surface area (Å²) in [6.07, 6.45) is 0. The Hall–Kier alpha value is -3.67. The van der Waals surface area contributed by atoms with Gasteiger partial charge in [-0.2, -0.15) is 0 Å². The number of nitrogens with zero attached hydrogens (tertiary/aromatic N) is 4. The van der Waals surface area contributed by atoms with Crippen molar-refractivity contribution < 1.29 is 44.1 Å². The van der Waals surface area contributed by atoms with Crippen molar-refractivity contribution in [1.82, 2.24) is 30.4 Å². The maximum absolute atomic E-state index is 12.7. The Kier molecular flexibility index (Phi) is 18.3. The third kappa shape index (κ3) is 18.5. The Labute approximate surface area is 251 Å². The molecule has 7 N–H and O–H groups in total. The zero-order valence-corrected chi connectivity index (χ0v) is 24.9. The van der Waals surface area contributed by atoms with Gasteiger partial charge >= 0.3 is 17.9 Å². The second-order valence-electron chi connectivity index (χ2n) is 9.98. The molecule has 16 heteroatoms. The number of hydroxylamine groups is 1. The molecule has 0 aromatic heterocycles. The van der Waals surface area contributed by atoms with Crippen molar-refractivity contribution in [1.29, 1.82) is 0 Å². The predicted octanol–water partition coefficient (Wildman–Crippen LogP) is -2.29. The number of nitrogens with one attached hydrogen (secondary N) is 2. The van der Waals surface area contributed by atoms with E-state index in [-0.39, 0.29) is 44.5 Å². The Morgan fingerprint density at radius 1 is 0.698 bits per heavy atom. The molecule has 1 fully saturated rings. The highest BCUT2D eigenvalue weighted by Crippen LogP contribution is 2.04. The normalized spacial score (nSPS) is 16.1. The molecule has 1 aliphatic rings. The first-order valence-electron chi connectivity index (χ1n) is 13.8. The number of benzene rings is 1. The van der Waals surface area contributed by atoms with Gasteiger partial charge in [-0.05, 0) is 12.5 Å². The molecule has 0 unspecified atom stereocenters. The van der Waals surface area contributed by atoms with Crippen LogP contribution in [0.3, 0.4) is 0 Å². The van der Waals surface area contributed by atoms with Crippen LogP contribution in [0.1, 0.15) is 11.1 Å². The van der Waals surface area contributed by atoms with Crippen LogP contribution in [0.4, 0.5) is 0 Å². The van der Waals surface area contributed by atoms with Crippen LogP contribution < -0.4 is 16.5 Å². The van der Waals surface area contributed by atoms with Gasteiger partial charge in [0.15, 0.2) is 0 Å². The summed E-state index contributed by atoms with van der Waals surface area (Å²) in [6, 6.07) is 7.85. The average molecular weight is 612 g/mol. The van der Waals surface area contributed by atoms with Gasteiger partial charge in [-0.25, -0.2) is 5.48 Å². The zero-order valence-electron chi connectivity index (χ0n) is 24.9. The van der Waals surface area contributed by atoms with Crippen molar-refractivity contribution in [3.8, 4) is 0 Å². The Bertz CT molecular complexity index is 995. The lowest BCUT2D eigenvalue weighted by atomic mass is 10.1. The molecule has 1 aromatic carbocycles. The molecule has 0 spiro atoms. The minimum Gasteiger partial charge on any atom is -0.480 e. The number of nitrogens with two attached hydrogens (primary N) is 1. The number of carboxylic acid groups (broad SMARTS) is 3. The first-order valence-corrected chi connectivity index (χ1v) is 13.8. The number of aryl methyl sites for hydroxylation is 1. The summed E-state index contributed by atoms with van der Waals surface area (Å²) in [5, 5.41) is 30.7. The molecule has 2 rings (SSSR count). The molecular formula is C27H45N7O9. The summed E-state index contributed by atoms with van der Waals surface area (Å²) in [4.78, 5) is 67.9. The summed E-state index contributed by atoms with van der Waals surface area (Å²) in [7, 11) is 1.35. The summed E-state index contributed by atoms with van der Waals surface area (Å²) < 4.78 is 0. The van der Waals surface area contributed by atoms with Crippen LogP contribution in [-0.4, -0.2) is 157 Å². The van der Waals surface area contributed by atoms with Crippen LogP contribution in [0, 0.1) is 6.92 Å². The van der Waals surface area contributed by atoms with E-state index in [0.717, 1.165) is 11.1 Å². The average Bonchev–Trinajstić information content (AvgIpc) is 2.93. The Morgan fingerprint density at radius 3 is 1.37 bits per heavy atom. The van der Waals surface area contributed by atoms with Gasteiger partial charge in [0.25, 0.3) is 5.91 Å². The molecule has 0 saturated carbocycles. The SMILES string of the molecule is CONC(=O)CN.Cc1ccc(CNC(=O)CN2CCN(CC(=O)O)CCN(CC(=O)O)CCN(CC(=O)O)CC2)cc1. The Balaban J connectivity index is 0.00000117. The van der Waals surface area contributed by atoms with Gasteiger partial charge < -0.3 is 26.4 Å². The third-order valence-electron chi connectivity index (χ3n) is 6.39. The predicted molar refractivity (Wildman–Crippen MR) is 156 cm³/mol. The maximum atomic E-state index is 12.7. The molecule has 1 aliphatic heterocycles. The first kappa shape index (κ1) is 37.4. The van der Waals surface area contributed by atoms with Gasteiger partial charge in [0, 0.05) is 58.9 Å². The van der Waals surface area contributed by atoms with E-state index in [0.29, 0.717) is 58.9 Å². The van der Waals surface area contributed by atoms with Gasteiger partial charge in [-0.1, -0.05) is 29.8 Å². The number of hydrogen-bond acceptors (Lipinski definition) is 11. The van der Waals surface area contributed by atoms with E-state index >= 15 is 0 Å². The Morgan fingerprint density at radius 2 is 1.07 bits per heavy atom. The fourth-order valence-corrected chi connectivity index (χ4v) is 4.11. The number of carbonyl (C=O) groups excluding carboxylic acids is 2. The van der Waals surface area contributed by atoms with Crippen LogP contribution in [0.2, 0.25) is 0 Å². The van der Waals surface area contributed by atoms with Gasteiger partial charge in [-0.3, -0.25) is 48.4 Å². The van der Waals surface area contributed by atoms with E-state index in [2.05, 4.69) is 10.2 Å². The lowest BCUT2D eigenvalue weighted by molar-refractivity contribution is -0.140. The van der Waals surface area contributed by atoms with E-state index in [4.69, 9.17) is 5.73 Å². The molecule has 43 heavy (non-hydrogen) atoms. The standard InChI is InChI=1S/C24H37N5O7.C3H8N2O2/c1-19-2-4-20(5-3-19)14-25-21(30)15-26-6-8-27(16-22(31)32)10-12-29(18-24(35)36)13-11-28(9-7-26)17-23(33)34;1-7-5-3(6)2-4/h2-5H,6-18H2,1H3,(H,25,30)(H,31,32)(H,33,34)(H,35,36);2,4H2,1H3,(H,5,6). The monoisotopic (exact) mass is 611 g/mol. The van der Waals surface area contributed by atoms with Crippen LogP contribution in [0.25, 0.3) is 0 Å². The van der Waals surface area contributed by atoms with E-state index < -0.39 is 17.9 Å². The smallest absolute Gasteiger partial charge is 0.317 e. The quantitative estimate of drug-likeness (QED) is 0.137. The number of amides is 2. The largest absolute Gasteiger partial charge is 0.480 e. The molecule has 242 valence electrons. The molecule has 1 saturated heterocycles. The molecule has 0 bridgehead atoms. The summed E-state index contributed by atoms with van der Waals surface area (Å²) in [5.41, 5.74) is 9.01. The van der Waals surface area contributed by atoms with Crippen molar-refractivity contribution in [3.63, 3.8) is 0 Å². The van der Waals surface area contributed by atoms with E-state index in [9.17, 15) is 39.3 Å². The summed E-state index contributed by atoms with van der Waals surface area (Å²) in [5.74, 6) is -3.46.